The topological polar surface area (TPSA) is 21.3 Å². The zero-order valence-corrected chi connectivity index (χ0v) is 9.75. The largest absolute Gasteiger partial charge is 0.385 e. The van der Waals surface area contributed by atoms with Crippen LogP contribution in [0.15, 0.2) is 24.3 Å². The van der Waals surface area contributed by atoms with Crippen LogP contribution in [0.1, 0.15) is 25.3 Å². The van der Waals surface area contributed by atoms with Crippen LogP contribution >= 0.6 is 0 Å². The fourth-order valence-electron chi connectivity index (χ4n) is 1.53. The molecule has 1 rings (SSSR count). The molecule has 0 unspecified atom stereocenters. The number of hydrogen-bond donors (Lipinski definition) is 1. The molecule has 0 heterocycles. The van der Waals surface area contributed by atoms with Gasteiger partial charge in [-0.15, -0.1) is 0 Å². The highest BCUT2D eigenvalue weighted by molar-refractivity contribution is 5.44. The average Bonchev–Trinajstić information content (AvgIpc) is 2.27. The first-order chi connectivity index (χ1) is 7.36. The van der Waals surface area contributed by atoms with Crippen molar-refractivity contribution in [2.75, 3.05) is 25.6 Å². The molecule has 0 aliphatic rings. The van der Waals surface area contributed by atoms with E-state index in [4.69, 9.17) is 4.74 Å². The van der Waals surface area contributed by atoms with Gasteiger partial charge in [0.25, 0.3) is 0 Å². The first kappa shape index (κ1) is 12.1. The molecule has 0 aliphatic heterocycles. The van der Waals surface area contributed by atoms with Crippen molar-refractivity contribution in [2.24, 2.45) is 0 Å². The summed E-state index contributed by atoms with van der Waals surface area (Å²) < 4.78 is 4.99. The van der Waals surface area contributed by atoms with E-state index in [9.17, 15) is 0 Å². The summed E-state index contributed by atoms with van der Waals surface area (Å²) in [6.45, 7) is 4.00. The van der Waals surface area contributed by atoms with Crippen molar-refractivity contribution >= 4 is 5.69 Å². The second-order valence-corrected chi connectivity index (χ2v) is 3.72. The number of ether oxygens (including phenoxy) is 1. The molecule has 15 heavy (non-hydrogen) atoms. The summed E-state index contributed by atoms with van der Waals surface area (Å²) in [5, 5.41) is 3.37. The van der Waals surface area contributed by atoms with Gasteiger partial charge in [-0.05, 0) is 30.5 Å². The second kappa shape index (κ2) is 7.30. The number of nitrogens with one attached hydrogen (secondary N) is 1. The highest BCUT2D eigenvalue weighted by atomic mass is 16.5. The second-order valence-electron chi connectivity index (χ2n) is 3.72. The molecule has 0 aliphatic carbocycles. The molecule has 1 aromatic rings. The van der Waals surface area contributed by atoms with Crippen LogP contribution in [0.5, 0.6) is 0 Å². The fraction of sp³-hybridized carbons (Fsp3) is 0.538. The summed E-state index contributed by atoms with van der Waals surface area (Å²) in [5.41, 5.74) is 2.62. The van der Waals surface area contributed by atoms with Gasteiger partial charge in [0.2, 0.25) is 0 Å². The maximum atomic E-state index is 4.99. The van der Waals surface area contributed by atoms with Crippen LogP contribution in [0.4, 0.5) is 5.69 Å². The van der Waals surface area contributed by atoms with Gasteiger partial charge in [0, 0.05) is 25.9 Å². The minimum atomic E-state index is 0.820. The standard InChI is InChI=1S/C13H21NO/c1-3-5-12-6-8-13(9-7-12)14-10-4-11-15-2/h6-9,14H,3-5,10-11H2,1-2H3. The van der Waals surface area contributed by atoms with Crippen molar-refractivity contribution in [1.82, 2.24) is 0 Å². The zero-order valence-electron chi connectivity index (χ0n) is 9.75. The minimum absolute atomic E-state index is 0.820. The normalized spacial score (nSPS) is 10.3. The van der Waals surface area contributed by atoms with E-state index in [-0.39, 0.29) is 0 Å². The summed E-state index contributed by atoms with van der Waals surface area (Å²) in [5.74, 6) is 0. The van der Waals surface area contributed by atoms with E-state index in [1.807, 2.05) is 0 Å². The third kappa shape index (κ3) is 4.84. The monoisotopic (exact) mass is 207 g/mol. The van der Waals surface area contributed by atoms with Crippen LogP contribution in [0.25, 0.3) is 0 Å². The molecule has 0 amide bonds. The predicted molar refractivity (Wildman–Crippen MR) is 65.4 cm³/mol. The van der Waals surface area contributed by atoms with Crippen molar-refractivity contribution in [3.8, 4) is 0 Å². The minimum Gasteiger partial charge on any atom is -0.385 e. The summed E-state index contributed by atoms with van der Waals surface area (Å²) in [4.78, 5) is 0. The number of hydrogen-bond acceptors (Lipinski definition) is 2. The van der Waals surface area contributed by atoms with E-state index < -0.39 is 0 Å². The smallest absolute Gasteiger partial charge is 0.0479 e. The third-order valence-electron chi connectivity index (χ3n) is 2.35. The average molecular weight is 207 g/mol. The van der Waals surface area contributed by atoms with Crippen molar-refractivity contribution in [3.05, 3.63) is 29.8 Å². The molecule has 1 N–H and O–H groups in total. The van der Waals surface area contributed by atoms with Crippen LogP contribution < -0.4 is 5.32 Å². The first-order valence-electron chi connectivity index (χ1n) is 5.68. The summed E-state index contributed by atoms with van der Waals surface area (Å²) >= 11 is 0. The van der Waals surface area contributed by atoms with E-state index in [0.717, 1.165) is 19.6 Å². The van der Waals surface area contributed by atoms with Gasteiger partial charge >= 0.3 is 0 Å². The van der Waals surface area contributed by atoms with Crippen LogP contribution in [-0.4, -0.2) is 20.3 Å². The Kier molecular flexibility index (Phi) is 5.86. The van der Waals surface area contributed by atoms with Crippen molar-refractivity contribution in [2.45, 2.75) is 26.2 Å². The Labute approximate surface area is 92.6 Å². The third-order valence-corrected chi connectivity index (χ3v) is 2.35. The van der Waals surface area contributed by atoms with Gasteiger partial charge in [0.15, 0.2) is 0 Å². The molecule has 2 nitrogen and oxygen atoms in total. The number of benzene rings is 1. The lowest BCUT2D eigenvalue weighted by molar-refractivity contribution is 0.198. The lowest BCUT2D eigenvalue weighted by Crippen LogP contribution is -2.04. The Morgan fingerprint density at radius 1 is 1.20 bits per heavy atom. The molecule has 0 spiro atoms. The molecule has 0 fully saturated rings. The molecule has 2 heteroatoms. The van der Waals surface area contributed by atoms with Gasteiger partial charge in [0.05, 0.1) is 0 Å². The van der Waals surface area contributed by atoms with E-state index >= 15 is 0 Å². The maximum absolute atomic E-state index is 4.99. The van der Waals surface area contributed by atoms with Crippen molar-refractivity contribution in [1.29, 1.82) is 0 Å². The Bertz CT molecular complexity index is 256. The van der Waals surface area contributed by atoms with Gasteiger partial charge in [-0.1, -0.05) is 25.5 Å². The highest BCUT2D eigenvalue weighted by Crippen LogP contribution is 2.10. The molecule has 0 saturated heterocycles. The SMILES string of the molecule is CCCc1ccc(NCCCOC)cc1. The van der Waals surface area contributed by atoms with E-state index in [2.05, 4.69) is 36.5 Å². The van der Waals surface area contributed by atoms with Crippen molar-refractivity contribution in [3.63, 3.8) is 0 Å². The fourth-order valence-corrected chi connectivity index (χ4v) is 1.53. The lowest BCUT2D eigenvalue weighted by Gasteiger charge is -2.06. The molecule has 0 bridgehead atoms. The quantitative estimate of drug-likeness (QED) is 0.694. The van der Waals surface area contributed by atoms with E-state index in [0.29, 0.717) is 0 Å². The van der Waals surface area contributed by atoms with Crippen LogP contribution in [0.2, 0.25) is 0 Å². The molecule has 1 aromatic carbocycles. The van der Waals surface area contributed by atoms with Crippen molar-refractivity contribution < 1.29 is 4.74 Å². The molecule has 0 saturated carbocycles. The molecule has 0 aromatic heterocycles. The van der Waals surface area contributed by atoms with E-state index in [1.54, 1.807) is 7.11 Å². The van der Waals surface area contributed by atoms with Crippen LogP contribution in [-0.2, 0) is 11.2 Å². The lowest BCUT2D eigenvalue weighted by atomic mass is 10.1. The number of aryl methyl sites for hydroxylation is 1. The number of anilines is 1. The predicted octanol–water partition coefficient (Wildman–Crippen LogP) is 3.09. The molecular formula is C13H21NO. The summed E-state index contributed by atoms with van der Waals surface area (Å²) in [6, 6.07) is 8.69. The Morgan fingerprint density at radius 2 is 1.93 bits per heavy atom. The molecule has 0 atom stereocenters. The number of rotatable bonds is 7. The molecular weight excluding hydrogens is 186 g/mol. The maximum Gasteiger partial charge on any atom is 0.0479 e. The Morgan fingerprint density at radius 3 is 2.53 bits per heavy atom. The van der Waals surface area contributed by atoms with Gasteiger partial charge < -0.3 is 10.1 Å². The Hall–Kier alpha value is -1.02. The summed E-state index contributed by atoms with van der Waals surface area (Å²) in [7, 11) is 1.74. The van der Waals surface area contributed by atoms with Crippen LogP contribution in [0.3, 0.4) is 0 Å². The molecule has 0 radical (unpaired) electrons. The molecule has 84 valence electrons. The van der Waals surface area contributed by atoms with Gasteiger partial charge in [-0.25, -0.2) is 0 Å². The number of methoxy groups -OCH3 is 1. The van der Waals surface area contributed by atoms with Gasteiger partial charge in [0.1, 0.15) is 0 Å². The highest BCUT2D eigenvalue weighted by Gasteiger charge is 1.93. The van der Waals surface area contributed by atoms with Gasteiger partial charge in [-0.2, -0.15) is 0 Å². The Balaban J connectivity index is 2.29. The first-order valence-corrected chi connectivity index (χ1v) is 5.68. The van der Waals surface area contributed by atoms with E-state index in [1.165, 1.54) is 24.1 Å². The summed E-state index contributed by atoms with van der Waals surface area (Å²) in [6.07, 6.45) is 3.43. The van der Waals surface area contributed by atoms with Gasteiger partial charge in [-0.3, -0.25) is 0 Å². The zero-order chi connectivity index (χ0) is 10.9. The van der Waals surface area contributed by atoms with Crippen LogP contribution in [0, 0.1) is 0 Å².